The zero-order chi connectivity index (χ0) is 20.3. The van der Waals surface area contributed by atoms with Crippen LogP contribution in [0.15, 0.2) is 24.3 Å². The number of urea groups is 1. The molecule has 0 spiro atoms. The molecule has 1 saturated heterocycles. The molecule has 2 heterocycles. The third-order valence-corrected chi connectivity index (χ3v) is 5.46. The van der Waals surface area contributed by atoms with E-state index < -0.39 is 17.0 Å². The van der Waals surface area contributed by atoms with Crippen LogP contribution >= 0.6 is 11.3 Å². The monoisotopic (exact) mass is 404 g/mol. The Kier molecular flexibility index (Phi) is 5.83. The molecule has 0 unspecified atom stereocenters. The number of rotatable bonds is 5. The number of nitro benzene ring substituents is 1. The predicted octanol–water partition coefficient (Wildman–Crippen LogP) is 3.20. The summed E-state index contributed by atoms with van der Waals surface area (Å²) in [6, 6.07) is 4.66. The molecule has 11 heteroatoms. The van der Waals surface area contributed by atoms with Crippen LogP contribution in [0.4, 0.5) is 21.3 Å². The van der Waals surface area contributed by atoms with Gasteiger partial charge >= 0.3 is 6.03 Å². The summed E-state index contributed by atoms with van der Waals surface area (Å²) in [6.45, 7) is 4.35. The summed E-state index contributed by atoms with van der Waals surface area (Å²) < 4.78 is 0. The Morgan fingerprint density at radius 2 is 2.04 bits per heavy atom. The van der Waals surface area contributed by atoms with Gasteiger partial charge in [0.2, 0.25) is 11.0 Å². The molecule has 0 bridgehead atoms. The molecule has 28 heavy (non-hydrogen) atoms. The third-order valence-electron chi connectivity index (χ3n) is 4.32. The standard InChI is InChI=1S/C17H20N6O4S/c1-10(2)15-20-21-16(28-15)19-14(24)13-8-5-9-22(13)17(25)18-11-6-3-4-7-12(11)23(26)27/h3-4,6-7,10,13H,5,8-9H2,1-2H3,(H,18,25)(H,19,21,24)/t13-/m0/s1. The number of nitrogens with one attached hydrogen (secondary N) is 2. The summed E-state index contributed by atoms with van der Waals surface area (Å²) in [5, 5.41) is 25.6. The van der Waals surface area contributed by atoms with Crippen molar-refractivity contribution in [1.29, 1.82) is 0 Å². The van der Waals surface area contributed by atoms with Crippen LogP contribution in [0.25, 0.3) is 0 Å². The van der Waals surface area contributed by atoms with E-state index in [1.54, 1.807) is 6.07 Å². The van der Waals surface area contributed by atoms with Gasteiger partial charge in [0.05, 0.1) is 4.92 Å². The first-order chi connectivity index (χ1) is 13.4. The molecule has 1 fully saturated rings. The molecule has 3 amide bonds. The fourth-order valence-corrected chi connectivity index (χ4v) is 3.66. The van der Waals surface area contributed by atoms with E-state index in [0.717, 1.165) is 5.01 Å². The maximum absolute atomic E-state index is 12.6. The maximum atomic E-state index is 12.6. The Balaban J connectivity index is 1.69. The van der Waals surface area contributed by atoms with Crippen LogP contribution in [0.2, 0.25) is 0 Å². The van der Waals surface area contributed by atoms with Crippen LogP contribution in [-0.2, 0) is 4.79 Å². The first kappa shape index (κ1) is 19.7. The molecule has 2 N–H and O–H groups in total. The third kappa shape index (κ3) is 4.25. The van der Waals surface area contributed by atoms with E-state index in [1.165, 1.54) is 34.4 Å². The van der Waals surface area contributed by atoms with Crippen LogP contribution in [0, 0.1) is 10.1 Å². The van der Waals surface area contributed by atoms with Crippen LogP contribution < -0.4 is 10.6 Å². The zero-order valence-corrected chi connectivity index (χ0v) is 16.2. The molecule has 0 radical (unpaired) electrons. The molecule has 1 aromatic carbocycles. The van der Waals surface area contributed by atoms with E-state index in [-0.39, 0.29) is 23.2 Å². The highest BCUT2D eigenvalue weighted by Gasteiger charge is 2.35. The van der Waals surface area contributed by atoms with Crippen molar-refractivity contribution in [2.24, 2.45) is 0 Å². The number of nitro groups is 1. The average Bonchev–Trinajstić information content (AvgIpc) is 3.31. The van der Waals surface area contributed by atoms with Crippen molar-refractivity contribution in [1.82, 2.24) is 15.1 Å². The Morgan fingerprint density at radius 1 is 1.29 bits per heavy atom. The van der Waals surface area contributed by atoms with E-state index in [4.69, 9.17) is 0 Å². The van der Waals surface area contributed by atoms with Crippen LogP contribution in [0.5, 0.6) is 0 Å². The highest BCUT2D eigenvalue weighted by molar-refractivity contribution is 7.15. The highest BCUT2D eigenvalue weighted by Crippen LogP contribution is 2.27. The van der Waals surface area contributed by atoms with Crippen molar-refractivity contribution in [2.45, 2.75) is 38.6 Å². The number of aromatic nitrogens is 2. The van der Waals surface area contributed by atoms with Gasteiger partial charge in [-0.05, 0) is 18.9 Å². The minimum atomic E-state index is -0.672. The number of hydrogen-bond donors (Lipinski definition) is 2. The van der Waals surface area contributed by atoms with Gasteiger partial charge in [-0.1, -0.05) is 37.3 Å². The van der Waals surface area contributed by atoms with Crippen molar-refractivity contribution in [3.05, 3.63) is 39.4 Å². The van der Waals surface area contributed by atoms with Crippen molar-refractivity contribution >= 4 is 39.8 Å². The molecular weight excluding hydrogens is 384 g/mol. The van der Waals surface area contributed by atoms with E-state index in [2.05, 4.69) is 20.8 Å². The normalized spacial score (nSPS) is 16.2. The number of para-hydroxylation sites is 2. The second-order valence-electron chi connectivity index (χ2n) is 6.65. The Morgan fingerprint density at radius 3 is 2.71 bits per heavy atom. The number of hydrogen-bond acceptors (Lipinski definition) is 7. The van der Waals surface area contributed by atoms with Crippen LogP contribution in [0.1, 0.15) is 37.6 Å². The molecule has 1 aromatic heterocycles. The Bertz CT molecular complexity index is 899. The molecule has 148 valence electrons. The van der Waals surface area contributed by atoms with Gasteiger partial charge in [-0.3, -0.25) is 20.2 Å². The molecular formula is C17H20N6O4S. The molecule has 1 aliphatic rings. The molecule has 1 aliphatic heterocycles. The van der Waals surface area contributed by atoms with Crippen molar-refractivity contribution in [3.8, 4) is 0 Å². The number of nitrogens with zero attached hydrogens (tertiary/aromatic N) is 4. The predicted molar refractivity (Wildman–Crippen MR) is 104 cm³/mol. The summed E-state index contributed by atoms with van der Waals surface area (Å²) in [6.07, 6.45) is 1.17. The smallest absolute Gasteiger partial charge is 0.312 e. The van der Waals surface area contributed by atoms with Gasteiger partial charge in [-0.2, -0.15) is 0 Å². The van der Waals surface area contributed by atoms with Crippen molar-refractivity contribution in [2.75, 3.05) is 17.2 Å². The summed E-state index contributed by atoms with van der Waals surface area (Å²) in [5.74, 6) is -0.139. The summed E-state index contributed by atoms with van der Waals surface area (Å²) >= 11 is 1.30. The molecule has 1 atom stereocenters. The molecule has 3 rings (SSSR count). The lowest BCUT2D eigenvalue weighted by Crippen LogP contribution is -2.45. The number of anilines is 2. The summed E-state index contributed by atoms with van der Waals surface area (Å²) in [4.78, 5) is 37.2. The summed E-state index contributed by atoms with van der Waals surface area (Å²) in [7, 11) is 0. The fraction of sp³-hybridized carbons (Fsp3) is 0.412. The minimum Gasteiger partial charge on any atom is -0.312 e. The molecule has 0 aliphatic carbocycles. The zero-order valence-electron chi connectivity index (χ0n) is 15.4. The topological polar surface area (TPSA) is 130 Å². The molecule has 0 saturated carbocycles. The van der Waals surface area contributed by atoms with Gasteiger partial charge in [0, 0.05) is 18.5 Å². The second-order valence-corrected chi connectivity index (χ2v) is 7.65. The van der Waals surface area contributed by atoms with Gasteiger partial charge < -0.3 is 10.2 Å². The number of likely N-dealkylation sites (tertiary alicyclic amines) is 1. The van der Waals surface area contributed by atoms with Gasteiger partial charge in [0.25, 0.3) is 5.69 Å². The Hall–Kier alpha value is -3.08. The Labute approximate surface area is 165 Å². The maximum Gasteiger partial charge on any atom is 0.322 e. The first-order valence-electron chi connectivity index (χ1n) is 8.82. The number of amides is 3. The van der Waals surface area contributed by atoms with Gasteiger partial charge in [-0.25, -0.2) is 4.79 Å². The average molecular weight is 404 g/mol. The number of carbonyl (C=O) groups is 2. The minimum absolute atomic E-state index is 0.0919. The van der Waals surface area contributed by atoms with E-state index in [1.807, 2.05) is 13.8 Å². The SMILES string of the molecule is CC(C)c1nnc(NC(=O)[C@@H]2CCCN2C(=O)Nc2ccccc2[N+](=O)[O-])s1. The van der Waals surface area contributed by atoms with Gasteiger partial charge in [0.1, 0.15) is 16.7 Å². The largest absolute Gasteiger partial charge is 0.322 e. The quantitative estimate of drug-likeness (QED) is 0.581. The van der Waals surface area contributed by atoms with Gasteiger partial charge in [-0.15, -0.1) is 10.2 Å². The first-order valence-corrected chi connectivity index (χ1v) is 9.63. The second kappa shape index (κ2) is 8.30. The van der Waals surface area contributed by atoms with Crippen molar-refractivity contribution < 1.29 is 14.5 Å². The highest BCUT2D eigenvalue weighted by atomic mass is 32.1. The van der Waals surface area contributed by atoms with E-state index >= 15 is 0 Å². The lowest BCUT2D eigenvalue weighted by molar-refractivity contribution is -0.383. The van der Waals surface area contributed by atoms with Crippen LogP contribution in [-0.4, -0.2) is 44.5 Å². The van der Waals surface area contributed by atoms with Gasteiger partial charge in [0.15, 0.2) is 0 Å². The lowest BCUT2D eigenvalue weighted by Gasteiger charge is -2.23. The van der Waals surface area contributed by atoms with Crippen molar-refractivity contribution in [3.63, 3.8) is 0 Å². The van der Waals surface area contributed by atoms with Crippen LogP contribution in [0.3, 0.4) is 0 Å². The van der Waals surface area contributed by atoms with E-state index in [0.29, 0.717) is 24.5 Å². The fourth-order valence-electron chi connectivity index (χ4n) is 2.92. The van der Waals surface area contributed by atoms with E-state index in [9.17, 15) is 19.7 Å². The summed E-state index contributed by atoms with van der Waals surface area (Å²) in [5.41, 5.74) is -0.111. The lowest BCUT2D eigenvalue weighted by atomic mass is 10.2. The number of carbonyl (C=O) groups excluding carboxylic acids is 2. The molecule has 2 aromatic rings. The molecule has 10 nitrogen and oxygen atoms in total. The number of benzene rings is 1.